The van der Waals surface area contributed by atoms with Crippen molar-refractivity contribution in [1.29, 1.82) is 0 Å². The van der Waals surface area contributed by atoms with Gasteiger partial charge in [-0.2, -0.15) is 0 Å². The van der Waals surface area contributed by atoms with Crippen LogP contribution in [0.4, 0.5) is 0 Å². The molecule has 0 fully saturated rings. The van der Waals surface area contributed by atoms with Crippen LogP contribution in [-0.4, -0.2) is 10.8 Å². The van der Waals surface area contributed by atoms with E-state index in [-0.39, 0.29) is 5.78 Å². The van der Waals surface area contributed by atoms with Crippen LogP contribution in [-0.2, 0) is 0 Å². The van der Waals surface area contributed by atoms with Crippen molar-refractivity contribution in [2.75, 3.05) is 0 Å². The van der Waals surface area contributed by atoms with Crippen LogP contribution in [0.1, 0.15) is 15.2 Å². The first-order chi connectivity index (χ1) is 14.3. The molecule has 0 aliphatic heterocycles. The van der Waals surface area contributed by atoms with Crippen LogP contribution in [0.25, 0.3) is 32.6 Å². The third-order valence-corrected chi connectivity index (χ3v) is 6.02. The Morgan fingerprint density at radius 1 is 0.655 bits per heavy atom. The van der Waals surface area contributed by atoms with Crippen molar-refractivity contribution in [3.8, 4) is 21.8 Å². The topological polar surface area (TPSA) is 30.0 Å². The van der Waals surface area contributed by atoms with Crippen molar-refractivity contribution >= 4 is 27.9 Å². The van der Waals surface area contributed by atoms with Gasteiger partial charge >= 0.3 is 0 Å². The van der Waals surface area contributed by atoms with E-state index in [1.165, 1.54) is 16.7 Å². The summed E-state index contributed by atoms with van der Waals surface area (Å²) in [5.41, 5.74) is 3.40. The van der Waals surface area contributed by atoms with Gasteiger partial charge in [-0.1, -0.05) is 97.1 Å². The molecule has 5 aromatic rings. The molecule has 138 valence electrons. The number of hydrogen-bond donors (Lipinski definition) is 0. The van der Waals surface area contributed by atoms with Gasteiger partial charge in [0, 0.05) is 16.7 Å². The lowest BCUT2D eigenvalue weighted by Gasteiger charge is -2.02. The molecule has 2 nitrogen and oxygen atoms in total. The van der Waals surface area contributed by atoms with Crippen molar-refractivity contribution in [2.45, 2.75) is 0 Å². The van der Waals surface area contributed by atoms with E-state index >= 15 is 0 Å². The summed E-state index contributed by atoms with van der Waals surface area (Å²) < 4.78 is 0. The van der Waals surface area contributed by atoms with E-state index in [9.17, 15) is 4.79 Å². The predicted octanol–water partition coefficient (Wildman–Crippen LogP) is 6.86. The highest BCUT2D eigenvalue weighted by atomic mass is 32.1. The number of rotatable bonds is 4. The highest BCUT2D eigenvalue weighted by Gasteiger charge is 2.21. The minimum Gasteiger partial charge on any atom is -0.288 e. The van der Waals surface area contributed by atoms with Crippen molar-refractivity contribution in [3.63, 3.8) is 0 Å². The van der Waals surface area contributed by atoms with Crippen molar-refractivity contribution < 1.29 is 4.79 Å². The number of nitrogens with zero attached hydrogens (tertiary/aromatic N) is 1. The smallest absolute Gasteiger partial charge is 0.205 e. The molecule has 0 saturated carbocycles. The second-order valence-corrected chi connectivity index (χ2v) is 7.82. The summed E-state index contributed by atoms with van der Waals surface area (Å²) in [6, 6.07) is 33.9. The van der Waals surface area contributed by atoms with Gasteiger partial charge in [0.15, 0.2) is 0 Å². The first-order valence-corrected chi connectivity index (χ1v) is 10.3. The maximum atomic E-state index is 13.3. The maximum Gasteiger partial charge on any atom is 0.205 e. The molecule has 3 heteroatoms. The number of carbonyl (C=O) groups is 1. The summed E-state index contributed by atoms with van der Waals surface area (Å²) in [5, 5.41) is 3.21. The van der Waals surface area contributed by atoms with Gasteiger partial charge in [0.05, 0.1) is 5.69 Å². The summed E-state index contributed by atoms with van der Waals surface area (Å²) in [6.45, 7) is 0. The van der Waals surface area contributed by atoms with Crippen molar-refractivity contribution in [2.24, 2.45) is 0 Å². The van der Waals surface area contributed by atoms with Crippen LogP contribution in [0.15, 0.2) is 103 Å². The Morgan fingerprint density at radius 3 is 2.07 bits per heavy atom. The minimum atomic E-state index is 0.00833. The molecule has 5 rings (SSSR count). The molecule has 0 aliphatic rings. The highest BCUT2D eigenvalue weighted by Crippen LogP contribution is 2.36. The van der Waals surface area contributed by atoms with Crippen molar-refractivity contribution in [3.05, 3.63) is 114 Å². The van der Waals surface area contributed by atoms with Crippen LogP contribution in [0.3, 0.4) is 0 Å². The van der Waals surface area contributed by atoms with E-state index in [1.807, 2.05) is 72.8 Å². The second-order valence-electron chi connectivity index (χ2n) is 6.82. The molecular weight excluding hydrogens is 374 g/mol. The molecule has 0 N–H and O–H groups in total. The van der Waals surface area contributed by atoms with Crippen LogP contribution in [0.2, 0.25) is 0 Å². The minimum absolute atomic E-state index is 0.00833. The molecule has 0 bridgehead atoms. The monoisotopic (exact) mass is 391 g/mol. The molecule has 29 heavy (non-hydrogen) atoms. The Kier molecular flexibility index (Phi) is 4.51. The van der Waals surface area contributed by atoms with E-state index in [1.54, 1.807) is 0 Å². The lowest BCUT2D eigenvalue weighted by Crippen LogP contribution is -2.00. The molecule has 0 amide bonds. The number of aromatic nitrogens is 1. The van der Waals surface area contributed by atoms with Crippen LogP contribution < -0.4 is 0 Å². The number of hydrogen-bond acceptors (Lipinski definition) is 3. The zero-order valence-corrected chi connectivity index (χ0v) is 16.4. The molecule has 1 aromatic heterocycles. The fourth-order valence-electron chi connectivity index (χ4n) is 3.43. The van der Waals surface area contributed by atoms with Crippen molar-refractivity contribution in [1.82, 2.24) is 4.98 Å². The van der Waals surface area contributed by atoms with Gasteiger partial charge in [0.1, 0.15) is 9.88 Å². The van der Waals surface area contributed by atoms with E-state index < -0.39 is 0 Å². The second kappa shape index (κ2) is 7.46. The van der Waals surface area contributed by atoms with E-state index in [0.717, 1.165) is 27.2 Å². The Hall–Kier alpha value is -3.56. The third-order valence-electron chi connectivity index (χ3n) is 4.91. The van der Waals surface area contributed by atoms with Gasteiger partial charge in [-0.3, -0.25) is 4.79 Å². The molecule has 0 atom stereocenters. The van der Waals surface area contributed by atoms with Gasteiger partial charge in [0.2, 0.25) is 5.78 Å². The Morgan fingerprint density at radius 2 is 1.31 bits per heavy atom. The number of benzene rings is 4. The standard InChI is InChI=1S/C26H17NOS/c28-24(20-12-5-2-6-13-20)25-23(19-10-3-1-4-11-19)27-26(29-25)22-16-15-18-9-7-8-14-21(18)17-22/h1-17H. The van der Waals surface area contributed by atoms with Crippen LogP contribution in [0, 0.1) is 0 Å². The molecular formula is C26H17NOS. The first kappa shape index (κ1) is 17.5. The lowest BCUT2D eigenvalue weighted by molar-refractivity contribution is 0.104. The van der Waals surface area contributed by atoms with E-state index in [4.69, 9.17) is 4.98 Å². The quantitative estimate of drug-likeness (QED) is 0.313. The average Bonchev–Trinajstić information content (AvgIpc) is 3.25. The number of thiazole rings is 1. The fraction of sp³-hybridized carbons (Fsp3) is 0. The highest BCUT2D eigenvalue weighted by molar-refractivity contribution is 7.17. The maximum absolute atomic E-state index is 13.3. The lowest BCUT2D eigenvalue weighted by atomic mass is 10.0. The van der Waals surface area contributed by atoms with E-state index in [0.29, 0.717) is 10.4 Å². The molecule has 0 saturated heterocycles. The zero-order valence-electron chi connectivity index (χ0n) is 15.6. The van der Waals surface area contributed by atoms with Gasteiger partial charge in [-0.25, -0.2) is 4.98 Å². The van der Waals surface area contributed by atoms with Gasteiger partial charge < -0.3 is 0 Å². The Balaban J connectivity index is 1.67. The average molecular weight is 391 g/mol. The first-order valence-electron chi connectivity index (χ1n) is 9.45. The number of fused-ring (bicyclic) bond motifs is 1. The molecule has 0 aliphatic carbocycles. The summed E-state index contributed by atoms with van der Waals surface area (Å²) in [7, 11) is 0. The Labute approximate surface area is 173 Å². The van der Waals surface area contributed by atoms with E-state index in [2.05, 4.69) is 30.3 Å². The largest absolute Gasteiger partial charge is 0.288 e. The molecule has 0 unspecified atom stereocenters. The summed E-state index contributed by atoms with van der Waals surface area (Å²) >= 11 is 1.46. The number of carbonyl (C=O) groups excluding carboxylic acids is 1. The van der Waals surface area contributed by atoms with Crippen LogP contribution in [0.5, 0.6) is 0 Å². The molecule has 0 spiro atoms. The normalized spacial score (nSPS) is 10.9. The van der Waals surface area contributed by atoms with Gasteiger partial charge in [0.25, 0.3) is 0 Å². The molecule has 0 radical (unpaired) electrons. The molecule has 1 heterocycles. The summed E-state index contributed by atoms with van der Waals surface area (Å²) in [6.07, 6.45) is 0. The Bertz CT molecular complexity index is 1310. The SMILES string of the molecule is O=C(c1ccccc1)c1sc(-c2ccc3ccccc3c2)nc1-c1ccccc1. The third kappa shape index (κ3) is 3.37. The predicted molar refractivity (Wildman–Crippen MR) is 120 cm³/mol. The zero-order chi connectivity index (χ0) is 19.6. The fourth-order valence-corrected chi connectivity index (χ4v) is 4.48. The number of ketones is 1. The van der Waals surface area contributed by atoms with Gasteiger partial charge in [-0.15, -0.1) is 11.3 Å². The molecule has 4 aromatic carbocycles. The van der Waals surface area contributed by atoms with Gasteiger partial charge in [-0.05, 0) is 16.8 Å². The summed E-state index contributed by atoms with van der Waals surface area (Å²) in [4.78, 5) is 18.8. The van der Waals surface area contributed by atoms with Crippen LogP contribution >= 0.6 is 11.3 Å². The summed E-state index contributed by atoms with van der Waals surface area (Å²) in [5.74, 6) is 0.00833.